The normalized spacial score (nSPS) is 17.0. The van der Waals surface area contributed by atoms with Gasteiger partial charge in [0.15, 0.2) is 0 Å². The van der Waals surface area contributed by atoms with Crippen molar-refractivity contribution < 1.29 is 0 Å². The molecule has 1 nitrogen and oxygen atoms in total. The van der Waals surface area contributed by atoms with Gasteiger partial charge in [-0.25, -0.2) is 0 Å². The number of anilines is 3. The molecule has 0 bridgehead atoms. The fourth-order valence-electron chi connectivity index (χ4n) is 9.80. The molecule has 3 aliphatic carbocycles. The molecule has 6 aromatic rings. The summed E-state index contributed by atoms with van der Waals surface area (Å²) in [5, 5.41) is 0. The number of fused-ring (bicyclic) bond motifs is 3. The average molecular weight is 678 g/mol. The summed E-state index contributed by atoms with van der Waals surface area (Å²) in [5.74, 6) is 1.30. The highest BCUT2D eigenvalue weighted by Gasteiger charge is 2.37. The molecule has 2 fully saturated rings. The zero-order valence-corrected chi connectivity index (χ0v) is 31.0. The van der Waals surface area contributed by atoms with Crippen LogP contribution >= 0.6 is 0 Å². The monoisotopic (exact) mass is 677 g/mol. The highest BCUT2D eigenvalue weighted by Crippen LogP contribution is 2.54. The minimum Gasteiger partial charge on any atom is -0.309 e. The van der Waals surface area contributed by atoms with Crippen molar-refractivity contribution in [3.63, 3.8) is 0 Å². The molecule has 0 N–H and O–H groups in total. The standard InChI is InChI=1S/C51H51N/c1-51(2)47-26-16-15-25-43(47)46-34-45(40-23-13-6-14-24-40)50(35-48(46)51)52(42-30-27-38(28-31-42)36-17-7-3-8-18-36)49-32-29-41(37-19-9-4-10-20-37)33-44(49)39-21-11-5-12-22-39/h5-6,11-16,21-37H,3-4,7-10,17-20H2,1-2H3. The van der Waals surface area contributed by atoms with E-state index in [1.807, 2.05) is 0 Å². The number of hydrogen-bond donors (Lipinski definition) is 0. The second-order valence-electron chi connectivity index (χ2n) is 16.2. The lowest BCUT2D eigenvalue weighted by molar-refractivity contribution is 0.443. The summed E-state index contributed by atoms with van der Waals surface area (Å²) in [5.41, 5.74) is 17.2. The van der Waals surface area contributed by atoms with Gasteiger partial charge in [-0.3, -0.25) is 0 Å². The van der Waals surface area contributed by atoms with Crippen LogP contribution in [0.5, 0.6) is 0 Å². The molecule has 0 atom stereocenters. The van der Waals surface area contributed by atoms with Crippen LogP contribution in [0.15, 0.2) is 140 Å². The molecule has 0 amide bonds. The highest BCUT2D eigenvalue weighted by molar-refractivity contribution is 5.97. The van der Waals surface area contributed by atoms with E-state index in [2.05, 4.69) is 158 Å². The molecule has 0 aromatic heterocycles. The van der Waals surface area contributed by atoms with Gasteiger partial charge in [0.2, 0.25) is 0 Å². The van der Waals surface area contributed by atoms with E-state index in [0.717, 1.165) is 0 Å². The van der Waals surface area contributed by atoms with Gasteiger partial charge in [0.05, 0.1) is 11.4 Å². The predicted molar refractivity (Wildman–Crippen MR) is 221 cm³/mol. The van der Waals surface area contributed by atoms with Gasteiger partial charge >= 0.3 is 0 Å². The summed E-state index contributed by atoms with van der Waals surface area (Å²) in [6, 6.07) is 53.4. The van der Waals surface area contributed by atoms with Crippen molar-refractivity contribution in [2.45, 2.75) is 95.3 Å². The van der Waals surface area contributed by atoms with E-state index < -0.39 is 0 Å². The zero-order chi connectivity index (χ0) is 35.1. The van der Waals surface area contributed by atoms with Gasteiger partial charge < -0.3 is 4.90 Å². The molecule has 0 heterocycles. The maximum Gasteiger partial charge on any atom is 0.0543 e. The second kappa shape index (κ2) is 13.9. The van der Waals surface area contributed by atoms with Crippen LogP contribution in [-0.4, -0.2) is 0 Å². The van der Waals surface area contributed by atoms with Crippen LogP contribution in [0.1, 0.15) is 112 Å². The van der Waals surface area contributed by atoms with Crippen molar-refractivity contribution in [3.8, 4) is 33.4 Å². The maximum absolute atomic E-state index is 2.60. The third kappa shape index (κ3) is 5.99. The lowest BCUT2D eigenvalue weighted by Crippen LogP contribution is -2.18. The van der Waals surface area contributed by atoms with Crippen molar-refractivity contribution >= 4 is 17.1 Å². The van der Waals surface area contributed by atoms with E-state index in [4.69, 9.17) is 0 Å². The Balaban J connectivity index is 1.30. The van der Waals surface area contributed by atoms with Crippen LogP contribution in [0.3, 0.4) is 0 Å². The first kappa shape index (κ1) is 33.0. The van der Waals surface area contributed by atoms with Gasteiger partial charge in [-0.05, 0) is 118 Å². The first-order chi connectivity index (χ1) is 25.6. The van der Waals surface area contributed by atoms with Crippen molar-refractivity contribution in [2.75, 3.05) is 4.90 Å². The maximum atomic E-state index is 2.60. The third-order valence-corrected chi connectivity index (χ3v) is 12.7. The van der Waals surface area contributed by atoms with E-state index in [0.29, 0.717) is 11.8 Å². The van der Waals surface area contributed by atoms with Gasteiger partial charge in [0.1, 0.15) is 0 Å². The average Bonchev–Trinajstić information content (AvgIpc) is 3.44. The Morgan fingerprint density at radius 1 is 0.423 bits per heavy atom. The second-order valence-corrected chi connectivity index (χ2v) is 16.2. The Bertz CT molecular complexity index is 2160. The van der Waals surface area contributed by atoms with Crippen LogP contribution < -0.4 is 4.90 Å². The molecule has 0 aliphatic heterocycles. The number of hydrogen-bond acceptors (Lipinski definition) is 1. The van der Waals surface area contributed by atoms with E-state index in [1.165, 1.54) is 137 Å². The van der Waals surface area contributed by atoms with Crippen molar-refractivity contribution in [1.82, 2.24) is 0 Å². The smallest absolute Gasteiger partial charge is 0.0543 e. The quantitative estimate of drug-likeness (QED) is 0.163. The SMILES string of the molecule is CC1(C)c2ccccc2-c2cc(-c3ccccc3)c(N(c3ccc(C4CCCCC4)cc3)c3ccc(C4CCCCC4)cc3-c3ccccc3)cc21. The Labute approximate surface area is 311 Å². The molecule has 9 rings (SSSR count). The Kier molecular flexibility index (Phi) is 8.83. The number of benzene rings is 6. The first-order valence-electron chi connectivity index (χ1n) is 20.0. The molecule has 2 saturated carbocycles. The first-order valence-corrected chi connectivity index (χ1v) is 20.0. The Hall–Kier alpha value is -4.88. The van der Waals surface area contributed by atoms with E-state index >= 15 is 0 Å². The number of nitrogens with zero attached hydrogens (tertiary/aromatic N) is 1. The molecule has 0 saturated heterocycles. The minimum absolute atomic E-state index is 0.112. The number of rotatable bonds is 7. The topological polar surface area (TPSA) is 3.24 Å². The molecule has 3 aliphatic rings. The van der Waals surface area contributed by atoms with E-state index in [1.54, 1.807) is 0 Å². The van der Waals surface area contributed by atoms with Gasteiger partial charge in [0, 0.05) is 22.2 Å². The molecular formula is C51H51N. The summed E-state index contributed by atoms with van der Waals surface area (Å²) in [4.78, 5) is 2.60. The summed E-state index contributed by atoms with van der Waals surface area (Å²) in [7, 11) is 0. The predicted octanol–water partition coefficient (Wildman–Crippen LogP) is 14.9. The van der Waals surface area contributed by atoms with Crippen molar-refractivity contribution in [1.29, 1.82) is 0 Å². The van der Waals surface area contributed by atoms with Crippen LogP contribution in [0.2, 0.25) is 0 Å². The molecule has 0 radical (unpaired) electrons. The molecule has 0 unspecified atom stereocenters. The minimum atomic E-state index is -0.112. The van der Waals surface area contributed by atoms with E-state index in [9.17, 15) is 0 Å². The third-order valence-electron chi connectivity index (χ3n) is 12.7. The van der Waals surface area contributed by atoms with Gasteiger partial charge in [-0.1, -0.05) is 156 Å². The molecule has 52 heavy (non-hydrogen) atoms. The largest absolute Gasteiger partial charge is 0.309 e. The van der Waals surface area contributed by atoms with Gasteiger partial charge in [0.25, 0.3) is 0 Å². The fraction of sp³-hybridized carbons (Fsp3) is 0.294. The van der Waals surface area contributed by atoms with Gasteiger partial charge in [-0.15, -0.1) is 0 Å². The van der Waals surface area contributed by atoms with Crippen LogP contribution in [0.25, 0.3) is 33.4 Å². The zero-order valence-electron chi connectivity index (χ0n) is 31.0. The lowest BCUT2D eigenvalue weighted by Gasteiger charge is -2.33. The fourth-order valence-corrected chi connectivity index (χ4v) is 9.80. The molecule has 0 spiro atoms. The molecule has 1 heteroatoms. The summed E-state index contributed by atoms with van der Waals surface area (Å²) in [6.45, 7) is 4.81. The van der Waals surface area contributed by atoms with Crippen LogP contribution in [0, 0.1) is 0 Å². The lowest BCUT2D eigenvalue weighted by atomic mass is 9.81. The molecule has 6 aromatic carbocycles. The van der Waals surface area contributed by atoms with Gasteiger partial charge in [-0.2, -0.15) is 0 Å². The summed E-state index contributed by atoms with van der Waals surface area (Å²) in [6.07, 6.45) is 13.3. The molecular weight excluding hydrogens is 627 g/mol. The van der Waals surface area contributed by atoms with Crippen LogP contribution in [0.4, 0.5) is 17.1 Å². The Morgan fingerprint density at radius 3 is 1.60 bits per heavy atom. The van der Waals surface area contributed by atoms with Crippen LogP contribution in [-0.2, 0) is 5.41 Å². The van der Waals surface area contributed by atoms with E-state index in [-0.39, 0.29) is 5.41 Å². The van der Waals surface area contributed by atoms with Crippen molar-refractivity contribution in [3.05, 3.63) is 162 Å². The Morgan fingerprint density at radius 2 is 0.962 bits per heavy atom. The molecule has 260 valence electrons. The summed E-state index contributed by atoms with van der Waals surface area (Å²) < 4.78 is 0. The highest BCUT2D eigenvalue weighted by atomic mass is 15.1. The summed E-state index contributed by atoms with van der Waals surface area (Å²) >= 11 is 0. The van der Waals surface area contributed by atoms with Crippen molar-refractivity contribution in [2.24, 2.45) is 0 Å².